The van der Waals surface area contributed by atoms with Crippen LogP contribution in [0.4, 0.5) is 0 Å². The Morgan fingerprint density at radius 1 is 1.25 bits per heavy atom. The quantitative estimate of drug-likeness (QED) is 0.615. The topological polar surface area (TPSA) is 3.24 Å². The third kappa shape index (κ3) is 3.32. The van der Waals surface area contributed by atoms with E-state index in [1.54, 1.807) is 0 Å². The second-order valence-electron chi connectivity index (χ2n) is 3.81. The van der Waals surface area contributed by atoms with Crippen molar-refractivity contribution in [2.45, 2.75) is 44.6 Å². The summed E-state index contributed by atoms with van der Waals surface area (Å²) in [4.78, 5) is 2.49. The van der Waals surface area contributed by atoms with Crippen LogP contribution in [0.2, 0.25) is 0 Å². The Morgan fingerprint density at radius 2 is 1.92 bits per heavy atom. The van der Waals surface area contributed by atoms with Crippen LogP contribution >= 0.6 is 11.6 Å². The summed E-state index contributed by atoms with van der Waals surface area (Å²) in [6, 6.07) is 0.849. The molecule has 0 atom stereocenters. The predicted molar refractivity (Wildman–Crippen MR) is 54.8 cm³/mol. The van der Waals surface area contributed by atoms with Crippen LogP contribution in [0.3, 0.4) is 0 Å². The molecule has 1 aliphatic carbocycles. The summed E-state index contributed by atoms with van der Waals surface area (Å²) < 4.78 is 0. The van der Waals surface area contributed by atoms with Gasteiger partial charge in [-0.05, 0) is 32.9 Å². The molecule has 1 fully saturated rings. The molecule has 0 saturated heterocycles. The summed E-state index contributed by atoms with van der Waals surface area (Å²) in [5.41, 5.74) is 0. The zero-order valence-electron chi connectivity index (χ0n) is 8.06. The molecular formula is C10H20ClN. The van der Waals surface area contributed by atoms with Crippen LogP contribution in [-0.2, 0) is 0 Å². The highest BCUT2D eigenvalue weighted by molar-refractivity contribution is 6.17. The van der Waals surface area contributed by atoms with Gasteiger partial charge in [-0.25, -0.2) is 0 Å². The molecular weight excluding hydrogens is 170 g/mol. The molecule has 0 aliphatic heterocycles. The molecule has 0 bridgehead atoms. The van der Waals surface area contributed by atoms with Crippen molar-refractivity contribution in [3.05, 3.63) is 0 Å². The average molecular weight is 190 g/mol. The Hall–Kier alpha value is 0.250. The molecule has 1 saturated carbocycles. The van der Waals surface area contributed by atoms with Gasteiger partial charge < -0.3 is 4.90 Å². The summed E-state index contributed by atoms with van der Waals surface area (Å²) in [5.74, 6) is 0.803. The SMILES string of the molecule is CN(CCCCl)C1CCCCC1. The molecule has 0 aromatic carbocycles. The minimum Gasteiger partial charge on any atom is -0.303 e. The lowest BCUT2D eigenvalue weighted by Crippen LogP contribution is -2.34. The van der Waals surface area contributed by atoms with E-state index in [4.69, 9.17) is 11.6 Å². The fourth-order valence-electron chi connectivity index (χ4n) is 2.01. The number of rotatable bonds is 4. The van der Waals surface area contributed by atoms with Crippen LogP contribution < -0.4 is 0 Å². The molecule has 1 rings (SSSR count). The minimum absolute atomic E-state index is 0.803. The van der Waals surface area contributed by atoms with E-state index in [-0.39, 0.29) is 0 Å². The Kier molecular flexibility index (Phi) is 5.01. The Morgan fingerprint density at radius 3 is 2.50 bits per heavy atom. The molecule has 0 N–H and O–H groups in total. The number of alkyl halides is 1. The van der Waals surface area contributed by atoms with Crippen molar-refractivity contribution in [1.29, 1.82) is 0 Å². The van der Waals surface area contributed by atoms with E-state index in [1.807, 2.05) is 0 Å². The molecule has 0 spiro atoms. The van der Waals surface area contributed by atoms with Gasteiger partial charge in [-0.2, -0.15) is 0 Å². The van der Waals surface area contributed by atoms with Crippen molar-refractivity contribution in [1.82, 2.24) is 4.90 Å². The second kappa shape index (κ2) is 5.82. The maximum atomic E-state index is 5.66. The lowest BCUT2D eigenvalue weighted by atomic mass is 9.94. The first kappa shape index (κ1) is 10.3. The Bertz CT molecular complexity index is 110. The van der Waals surface area contributed by atoms with E-state index in [1.165, 1.54) is 38.6 Å². The van der Waals surface area contributed by atoms with Gasteiger partial charge in [-0.1, -0.05) is 19.3 Å². The lowest BCUT2D eigenvalue weighted by molar-refractivity contribution is 0.192. The second-order valence-corrected chi connectivity index (χ2v) is 4.19. The summed E-state index contributed by atoms with van der Waals surface area (Å²) in [7, 11) is 2.24. The first-order valence-corrected chi connectivity index (χ1v) is 5.64. The largest absolute Gasteiger partial charge is 0.303 e. The number of hydrogen-bond donors (Lipinski definition) is 0. The molecule has 1 nitrogen and oxygen atoms in total. The van der Waals surface area contributed by atoms with E-state index in [0.717, 1.165) is 18.3 Å². The van der Waals surface area contributed by atoms with Gasteiger partial charge in [0.2, 0.25) is 0 Å². The highest BCUT2D eigenvalue weighted by Crippen LogP contribution is 2.21. The zero-order chi connectivity index (χ0) is 8.81. The van der Waals surface area contributed by atoms with Crippen LogP contribution in [0, 0.1) is 0 Å². The van der Waals surface area contributed by atoms with Crippen molar-refractivity contribution in [3.8, 4) is 0 Å². The lowest BCUT2D eigenvalue weighted by Gasteiger charge is -2.30. The van der Waals surface area contributed by atoms with Crippen molar-refractivity contribution in [2.24, 2.45) is 0 Å². The van der Waals surface area contributed by atoms with Crippen LogP contribution in [0.5, 0.6) is 0 Å². The van der Waals surface area contributed by atoms with Gasteiger partial charge >= 0.3 is 0 Å². The first-order chi connectivity index (χ1) is 5.84. The first-order valence-electron chi connectivity index (χ1n) is 5.11. The molecule has 0 amide bonds. The summed E-state index contributed by atoms with van der Waals surface area (Å²) in [6.45, 7) is 1.17. The van der Waals surface area contributed by atoms with E-state index < -0.39 is 0 Å². The molecule has 0 radical (unpaired) electrons. The van der Waals surface area contributed by atoms with E-state index in [9.17, 15) is 0 Å². The van der Waals surface area contributed by atoms with Gasteiger partial charge in [0.05, 0.1) is 0 Å². The van der Waals surface area contributed by atoms with Crippen molar-refractivity contribution < 1.29 is 0 Å². The maximum Gasteiger partial charge on any atom is 0.0235 e. The molecule has 2 heteroatoms. The summed E-state index contributed by atoms with van der Waals surface area (Å²) in [5, 5.41) is 0. The van der Waals surface area contributed by atoms with Crippen molar-refractivity contribution in [2.75, 3.05) is 19.5 Å². The molecule has 72 valence electrons. The molecule has 12 heavy (non-hydrogen) atoms. The summed E-state index contributed by atoms with van der Waals surface area (Å²) >= 11 is 5.66. The highest BCUT2D eigenvalue weighted by atomic mass is 35.5. The standard InChI is InChI=1S/C10H20ClN/c1-12(9-5-8-11)10-6-3-2-4-7-10/h10H,2-9H2,1H3. The smallest absolute Gasteiger partial charge is 0.0235 e. The van der Waals surface area contributed by atoms with Gasteiger partial charge in [0.15, 0.2) is 0 Å². The third-order valence-corrected chi connectivity index (χ3v) is 3.11. The minimum atomic E-state index is 0.803. The van der Waals surface area contributed by atoms with Crippen LogP contribution in [-0.4, -0.2) is 30.4 Å². The van der Waals surface area contributed by atoms with Gasteiger partial charge in [0.1, 0.15) is 0 Å². The van der Waals surface area contributed by atoms with E-state index in [2.05, 4.69) is 11.9 Å². The molecule has 1 aliphatic rings. The Balaban J connectivity index is 2.15. The third-order valence-electron chi connectivity index (χ3n) is 2.84. The van der Waals surface area contributed by atoms with E-state index in [0.29, 0.717) is 0 Å². The van der Waals surface area contributed by atoms with Gasteiger partial charge in [0, 0.05) is 11.9 Å². The molecule has 0 aromatic heterocycles. The highest BCUT2D eigenvalue weighted by Gasteiger charge is 2.16. The van der Waals surface area contributed by atoms with Gasteiger partial charge in [0.25, 0.3) is 0 Å². The monoisotopic (exact) mass is 189 g/mol. The van der Waals surface area contributed by atoms with Crippen LogP contribution in [0.1, 0.15) is 38.5 Å². The fraction of sp³-hybridized carbons (Fsp3) is 1.00. The fourth-order valence-corrected chi connectivity index (χ4v) is 2.13. The predicted octanol–water partition coefficient (Wildman–Crippen LogP) is 2.88. The normalized spacial score (nSPS) is 20.2. The molecule has 0 unspecified atom stereocenters. The number of halogens is 1. The van der Waals surface area contributed by atoms with Crippen molar-refractivity contribution >= 4 is 11.6 Å². The van der Waals surface area contributed by atoms with Crippen LogP contribution in [0.25, 0.3) is 0 Å². The van der Waals surface area contributed by atoms with E-state index >= 15 is 0 Å². The van der Waals surface area contributed by atoms with Crippen molar-refractivity contribution in [3.63, 3.8) is 0 Å². The molecule has 0 heterocycles. The van der Waals surface area contributed by atoms with Gasteiger partial charge in [-0.3, -0.25) is 0 Å². The maximum absolute atomic E-state index is 5.66. The van der Waals surface area contributed by atoms with Crippen LogP contribution in [0.15, 0.2) is 0 Å². The molecule has 0 aromatic rings. The number of hydrogen-bond acceptors (Lipinski definition) is 1. The van der Waals surface area contributed by atoms with Gasteiger partial charge in [-0.15, -0.1) is 11.6 Å². The number of nitrogens with zero attached hydrogens (tertiary/aromatic N) is 1. The Labute approximate surface area is 81.1 Å². The average Bonchev–Trinajstić information content (AvgIpc) is 2.15. The summed E-state index contributed by atoms with van der Waals surface area (Å²) in [6.07, 6.45) is 8.23. The zero-order valence-corrected chi connectivity index (χ0v) is 8.82.